The van der Waals surface area contributed by atoms with Crippen molar-refractivity contribution in [1.29, 1.82) is 0 Å². The molecule has 3 aromatic rings. The van der Waals surface area contributed by atoms with Crippen molar-refractivity contribution in [3.63, 3.8) is 0 Å². The third kappa shape index (κ3) is 3.74. The van der Waals surface area contributed by atoms with Gasteiger partial charge < -0.3 is 4.90 Å². The molecule has 1 fully saturated rings. The molecule has 0 atom stereocenters. The van der Waals surface area contributed by atoms with Gasteiger partial charge in [-0.3, -0.25) is 14.1 Å². The van der Waals surface area contributed by atoms with E-state index < -0.39 is 0 Å². The number of aryl methyl sites for hydroxylation is 2. The second-order valence-electron chi connectivity index (χ2n) is 7.33. The van der Waals surface area contributed by atoms with Crippen LogP contribution in [0.1, 0.15) is 16.8 Å². The lowest BCUT2D eigenvalue weighted by atomic mass is 10.1. The van der Waals surface area contributed by atoms with Crippen LogP contribution in [0.5, 0.6) is 0 Å². The third-order valence-corrected chi connectivity index (χ3v) is 5.46. The Labute approximate surface area is 159 Å². The molecule has 1 aliphatic rings. The van der Waals surface area contributed by atoms with Crippen molar-refractivity contribution in [1.82, 2.24) is 14.3 Å². The lowest BCUT2D eigenvalue weighted by molar-refractivity contribution is 0.260. The largest absolute Gasteiger partial charge is 0.369 e. The topological polar surface area (TPSA) is 40.9 Å². The summed E-state index contributed by atoms with van der Waals surface area (Å²) in [7, 11) is 0. The van der Waals surface area contributed by atoms with Crippen LogP contribution in [0.3, 0.4) is 0 Å². The number of nitrogens with zero attached hydrogens (tertiary/aromatic N) is 4. The Kier molecular flexibility index (Phi) is 4.94. The monoisotopic (exact) mass is 362 g/mol. The van der Waals surface area contributed by atoms with Gasteiger partial charge in [-0.2, -0.15) is 0 Å². The minimum absolute atomic E-state index is 0.0698. The first-order valence-corrected chi connectivity index (χ1v) is 9.63. The Morgan fingerprint density at radius 2 is 1.74 bits per heavy atom. The molecule has 0 saturated carbocycles. The number of anilines is 1. The van der Waals surface area contributed by atoms with Gasteiger partial charge in [0.15, 0.2) is 0 Å². The Morgan fingerprint density at radius 1 is 1.00 bits per heavy atom. The van der Waals surface area contributed by atoms with E-state index in [2.05, 4.69) is 45.1 Å². The first-order chi connectivity index (χ1) is 13.1. The Morgan fingerprint density at radius 3 is 2.48 bits per heavy atom. The van der Waals surface area contributed by atoms with Gasteiger partial charge in [0, 0.05) is 55.9 Å². The van der Waals surface area contributed by atoms with E-state index in [1.54, 1.807) is 4.40 Å². The Hall–Kier alpha value is -2.66. The van der Waals surface area contributed by atoms with Gasteiger partial charge in [0.2, 0.25) is 0 Å². The number of rotatable bonds is 4. The maximum absolute atomic E-state index is 12.9. The summed E-state index contributed by atoms with van der Waals surface area (Å²) >= 11 is 0. The van der Waals surface area contributed by atoms with Crippen molar-refractivity contribution in [2.45, 2.75) is 20.3 Å². The lowest BCUT2D eigenvalue weighted by Crippen LogP contribution is -2.47. The van der Waals surface area contributed by atoms with Crippen LogP contribution in [0.15, 0.2) is 53.5 Å². The molecular formula is C22H26N4O. The summed E-state index contributed by atoms with van der Waals surface area (Å²) in [6.07, 6.45) is 2.58. The van der Waals surface area contributed by atoms with E-state index in [0.717, 1.165) is 61.6 Å². The number of pyridine rings is 1. The first kappa shape index (κ1) is 17.7. The molecule has 0 radical (unpaired) electrons. The summed E-state index contributed by atoms with van der Waals surface area (Å²) in [6, 6.07) is 14.5. The quantitative estimate of drug-likeness (QED) is 0.716. The highest BCUT2D eigenvalue weighted by Crippen LogP contribution is 2.16. The molecule has 0 spiro atoms. The van der Waals surface area contributed by atoms with Crippen LogP contribution in [-0.2, 0) is 6.42 Å². The second-order valence-corrected chi connectivity index (χ2v) is 7.33. The predicted octanol–water partition coefficient (Wildman–Crippen LogP) is 2.68. The zero-order valence-corrected chi connectivity index (χ0v) is 16.1. The average molecular weight is 362 g/mol. The number of benzene rings is 1. The van der Waals surface area contributed by atoms with Gasteiger partial charge >= 0.3 is 0 Å². The van der Waals surface area contributed by atoms with E-state index in [0.29, 0.717) is 0 Å². The van der Waals surface area contributed by atoms with E-state index in [1.807, 2.05) is 32.2 Å². The molecule has 1 saturated heterocycles. The molecule has 0 amide bonds. The van der Waals surface area contributed by atoms with Crippen LogP contribution in [-0.4, -0.2) is 47.0 Å². The Balaban J connectivity index is 1.42. The van der Waals surface area contributed by atoms with Gasteiger partial charge in [0.1, 0.15) is 5.65 Å². The fourth-order valence-electron chi connectivity index (χ4n) is 3.81. The summed E-state index contributed by atoms with van der Waals surface area (Å²) in [4.78, 5) is 22.4. The smallest absolute Gasteiger partial charge is 0.261 e. The predicted molar refractivity (Wildman–Crippen MR) is 110 cm³/mol. The summed E-state index contributed by atoms with van der Waals surface area (Å²) in [5.74, 6) is 0. The highest BCUT2D eigenvalue weighted by Gasteiger charge is 2.18. The third-order valence-electron chi connectivity index (χ3n) is 5.46. The van der Waals surface area contributed by atoms with Crippen LogP contribution < -0.4 is 10.5 Å². The summed E-state index contributed by atoms with van der Waals surface area (Å²) in [5, 5.41) is 0. The molecule has 0 unspecified atom stereocenters. The fourth-order valence-corrected chi connectivity index (χ4v) is 3.81. The number of para-hydroxylation sites is 1. The second kappa shape index (κ2) is 7.53. The van der Waals surface area contributed by atoms with E-state index in [1.165, 1.54) is 5.69 Å². The van der Waals surface area contributed by atoms with Crippen molar-refractivity contribution in [3.8, 4) is 0 Å². The summed E-state index contributed by atoms with van der Waals surface area (Å²) < 4.78 is 1.67. The molecule has 140 valence electrons. The SMILES string of the molecule is Cc1ccn2c(=O)c(CCN3CCN(c4ccccc4)CC3)c(C)nc2c1. The van der Waals surface area contributed by atoms with Gasteiger partial charge in [-0.25, -0.2) is 4.98 Å². The standard InChI is InChI=1S/C22H26N4O/c1-17-8-11-26-21(16-17)23-18(2)20(22(26)27)9-10-24-12-14-25(15-13-24)19-6-4-3-5-7-19/h3-8,11,16H,9-10,12-15H2,1-2H3. The minimum atomic E-state index is 0.0698. The van der Waals surface area contributed by atoms with Crippen LogP contribution in [0.2, 0.25) is 0 Å². The van der Waals surface area contributed by atoms with Crippen LogP contribution in [0.25, 0.3) is 5.65 Å². The van der Waals surface area contributed by atoms with Gasteiger partial charge in [-0.1, -0.05) is 18.2 Å². The molecule has 3 heterocycles. The molecule has 0 N–H and O–H groups in total. The molecule has 27 heavy (non-hydrogen) atoms. The first-order valence-electron chi connectivity index (χ1n) is 9.63. The molecule has 0 bridgehead atoms. The molecule has 2 aromatic heterocycles. The molecular weight excluding hydrogens is 336 g/mol. The van der Waals surface area contributed by atoms with Crippen molar-refractivity contribution < 1.29 is 0 Å². The van der Waals surface area contributed by atoms with Crippen LogP contribution in [0, 0.1) is 13.8 Å². The Bertz CT molecular complexity index is 988. The summed E-state index contributed by atoms with van der Waals surface area (Å²) in [6.45, 7) is 8.97. The van der Waals surface area contributed by atoms with E-state index in [4.69, 9.17) is 0 Å². The van der Waals surface area contributed by atoms with E-state index in [9.17, 15) is 4.79 Å². The van der Waals surface area contributed by atoms with E-state index >= 15 is 0 Å². The molecule has 1 aromatic carbocycles. The molecule has 4 rings (SSSR count). The molecule has 5 heteroatoms. The van der Waals surface area contributed by atoms with Crippen molar-refractivity contribution in [3.05, 3.63) is 75.8 Å². The molecule has 1 aliphatic heterocycles. The number of hydrogen-bond donors (Lipinski definition) is 0. The summed E-state index contributed by atoms with van der Waals surface area (Å²) in [5.41, 5.74) is 4.90. The average Bonchev–Trinajstić information content (AvgIpc) is 2.68. The van der Waals surface area contributed by atoms with Crippen LogP contribution in [0.4, 0.5) is 5.69 Å². The number of aromatic nitrogens is 2. The van der Waals surface area contributed by atoms with Gasteiger partial charge in [0.25, 0.3) is 5.56 Å². The van der Waals surface area contributed by atoms with Gasteiger partial charge in [0.05, 0.1) is 0 Å². The van der Waals surface area contributed by atoms with Crippen molar-refractivity contribution in [2.24, 2.45) is 0 Å². The van der Waals surface area contributed by atoms with Crippen molar-refractivity contribution in [2.75, 3.05) is 37.6 Å². The fraction of sp³-hybridized carbons (Fsp3) is 0.364. The zero-order chi connectivity index (χ0) is 18.8. The number of fused-ring (bicyclic) bond motifs is 1. The maximum Gasteiger partial charge on any atom is 0.261 e. The number of piperazine rings is 1. The normalized spacial score (nSPS) is 15.4. The van der Waals surface area contributed by atoms with Crippen molar-refractivity contribution >= 4 is 11.3 Å². The minimum Gasteiger partial charge on any atom is -0.369 e. The highest BCUT2D eigenvalue weighted by molar-refractivity contribution is 5.46. The lowest BCUT2D eigenvalue weighted by Gasteiger charge is -2.36. The number of hydrogen-bond acceptors (Lipinski definition) is 4. The highest BCUT2D eigenvalue weighted by atomic mass is 16.1. The zero-order valence-electron chi connectivity index (χ0n) is 16.1. The van der Waals surface area contributed by atoms with Gasteiger partial charge in [-0.05, 0) is 50.1 Å². The van der Waals surface area contributed by atoms with Crippen LogP contribution >= 0.6 is 0 Å². The maximum atomic E-state index is 12.9. The van der Waals surface area contributed by atoms with Gasteiger partial charge in [-0.15, -0.1) is 0 Å². The van der Waals surface area contributed by atoms with E-state index in [-0.39, 0.29) is 5.56 Å². The molecule has 5 nitrogen and oxygen atoms in total. The molecule has 0 aliphatic carbocycles.